The smallest absolute Gasteiger partial charge is 0.305 e. The van der Waals surface area contributed by atoms with Gasteiger partial charge in [-0.05, 0) is 24.7 Å². The van der Waals surface area contributed by atoms with E-state index in [0.717, 1.165) is 6.42 Å². The third-order valence-corrected chi connectivity index (χ3v) is 4.98. The molecule has 0 aromatic heterocycles. The Morgan fingerprint density at radius 1 is 1.36 bits per heavy atom. The number of aliphatic hydroxyl groups is 1. The first-order valence-electron chi connectivity index (χ1n) is 8.08. The molecule has 1 saturated carbocycles. The molecule has 6 nitrogen and oxygen atoms in total. The number of aliphatic hydroxyl groups excluding tert-OH is 1. The second kappa shape index (κ2) is 7.73. The first-order chi connectivity index (χ1) is 10.4. The molecular weight excluding hydrogens is 288 g/mol. The summed E-state index contributed by atoms with van der Waals surface area (Å²) in [5.41, 5.74) is 0. The van der Waals surface area contributed by atoms with Gasteiger partial charge < -0.3 is 24.4 Å². The fourth-order valence-electron chi connectivity index (χ4n) is 3.40. The van der Waals surface area contributed by atoms with Crippen molar-refractivity contribution in [3.8, 4) is 0 Å². The van der Waals surface area contributed by atoms with Crippen LogP contribution in [-0.4, -0.2) is 54.5 Å². The molecule has 7 atom stereocenters. The van der Waals surface area contributed by atoms with Crippen LogP contribution in [0.5, 0.6) is 0 Å². The van der Waals surface area contributed by atoms with Crippen LogP contribution in [0, 0.1) is 17.8 Å². The van der Waals surface area contributed by atoms with Gasteiger partial charge in [-0.15, -0.1) is 0 Å². The highest BCUT2D eigenvalue weighted by molar-refractivity contribution is 5.67. The van der Waals surface area contributed by atoms with E-state index in [4.69, 9.17) is 19.3 Å². The quantitative estimate of drug-likeness (QED) is 0.662. The van der Waals surface area contributed by atoms with E-state index in [1.807, 2.05) is 6.92 Å². The van der Waals surface area contributed by atoms with E-state index in [1.165, 1.54) is 0 Å². The second-order valence-corrected chi connectivity index (χ2v) is 6.78. The number of methoxy groups -OCH3 is 1. The second-order valence-electron chi connectivity index (χ2n) is 6.78. The predicted octanol–water partition coefficient (Wildman–Crippen LogP) is 1.65. The Kier molecular flexibility index (Phi) is 6.20. The summed E-state index contributed by atoms with van der Waals surface area (Å²) < 4.78 is 16.6. The van der Waals surface area contributed by atoms with Gasteiger partial charge in [0.15, 0.2) is 0 Å². The van der Waals surface area contributed by atoms with Gasteiger partial charge in [0.2, 0.25) is 0 Å². The molecule has 2 fully saturated rings. The molecule has 2 aliphatic rings. The molecule has 1 aliphatic heterocycles. The largest absolute Gasteiger partial charge is 0.481 e. The van der Waals surface area contributed by atoms with Crippen LogP contribution in [-0.2, 0) is 19.0 Å². The lowest BCUT2D eigenvalue weighted by Gasteiger charge is -2.40. The predicted molar refractivity (Wildman–Crippen MR) is 79.3 cm³/mol. The first-order valence-corrected chi connectivity index (χ1v) is 8.08. The Hall–Kier alpha value is -0.690. The Labute approximate surface area is 131 Å². The molecular formula is C16H28O6. The van der Waals surface area contributed by atoms with E-state index < -0.39 is 5.97 Å². The van der Waals surface area contributed by atoms with E-state index >= 15 is 0 Å². The molecule has 2 rings (SSSR count). The molecule has 6 heteroatoms. The number of carboxylic acids is 1. The van der Waals surface area contributed by atoms with Gasteiger partial charge in [0.25, 0.3) is 0 Å². The van der Waals surface area contributed by atoms with Gasteiger partial charge in [-0.3, -0.25) is 4.79 Å². The summed E-state index contributed by atoms with van der Waals surface area (Å²) in [6.45, 7) is 4.27. The van der Waals surface area contributed by atoms with Gasteiger partial charge in [0, 0.05) is 19.4 Å². The highest BCUT2D eigenvalue weighted by Gasteiger charge is 2.43. The number of aliphatic carboxylic acids is 1. The number of carbonyl (C=O) groups is 1. The van der Waals surface area contributed by atoms with Crippen molar-refractivity contribution in [3.63, 3.8) is 0 Å². The molecule has 0 aromatic carbocycles. The van der Waals surface area contributed by atoms with Gasteiger partial charge in [0.05, 0.1) is 30.8 Å². The van der Waals surface area contributed by atoms with Crippen LogP contribution in [0.1, 0.15) is 39.5 Å². The third kappa shape index (κ3) is 4.65. The Balaban J connectivity index is 1.94. The van der Waals surface area contributed by atoms with Crippen LogP contribution in [0.2, 0.25) is 0 Å². The lowest BCUT2D eigenvalue weighted by molar-refractivity contribution is -0.187. The van der Waals surface area contributed by atoms with E-state index in [2.05, 4.69) is 6.92 Å². The molecule has 2 N–H and O–H groups in total. The van der Waals surface area contributed by atoms with Crippen LogP contribution in [0.25, 0.3) is 0 Å². The number of hydrogen-bond acceptors (Lipinski definition) is 5. The average Bonchev–Trinajstić information content (AvgIpc) is 3.17. The summed E-state index contributed by atoms with van der Waals surface area (Å²) in [4.78, 5) is 11.0. The van der Waals surface area contributed by atoms with Crippen LogP contribution in [0.15, 0.2) is 0 Å². The highest BCUT2D eigenvalue weighted by Crippen LogP contribution is 2.43. The molecule has 128 valence electrons. The zero-order chi connectivity index (χ0) is 16.3. The standard InChI is InChI=1S/C16H28O6/c1-9-4-12(9)13(17)5-11-6-14(21-8-20-3)10(2)15(22-11)7-16(18)19/h9-15,17H,4-8H2,1-3H3,(H,18,19)/t9-,10-,11-,12-,13-,14+,15+/m1/s1. The number of ether oxygens (including phenoxy) is 3. The Bertz CT molecular complexity index is 374. The van der Waals surface area contributed by atoms with Crippen molar-refractivity contribution in [3.05, 3.63) is 0 Å². The lowest BCUT2D eigenvalue weighted by atomic mass is 9.86. The number of hydrogen-bond donors (Lipinski definition) is 2. The van der Waals surface area contributed by atoms with E-state index in [0.29, 0.717) is 24.7 Å². The maximum absolute atomic E-state index is 11.0. The molecule has 0 spiro atoms. The summed E-state index contributed by atoms with van der Waals surface area (Å²) in [7, 11) is 1.56. The Morgan fingerprint density at radius 2 is 2.05 bits per heavy atom. The average molecular weight is 316 g/mol. The van der Waals surface area contributed by atoms with Gasteiger partial charge in [-0.25, -0.2) is 0 Å². The topological polar surface area (TPSA) is 85.2 Å². The molecule has 1 saturated heterocycles. The van der Waals surface area contributed by atoms with Crippen molar-refractivity contribution in [1.82, 2.24) is 0 Å². The van der Waals surface area contributed by atoms with Crippen LogP contribution in [0.4, 0.5) is 0 Å². The van der Waals surface area contributed by atoms with Crippen molar-refractivity contribution in [1.29, 1.82) is 0 Å². The zero-order valence-corrected chi connectivity index (χ0v) is 13.6. The van der Waals surface area contributed by atoms with E-state index in [9.17, 15) is 9.90 Å². The maximum atomic E-state index is 11.0. The summed E-state index contributed by atoms with van der Waals surface area (Å²) in [6, 6.07) is 0. The molecule has 22 heavy (non-hydrogen) atoms. The van der Waals surface area contributed by atoms with Crippen LogP contribution >= 0.6 is 0 Å². The van der Waals surface area contributed by atoms with Crippen molar-refractivity contribution in [2.24, 2.45) is 17.8 Å². The Morgan fingerprint density at radius 3 is 2.59 bits per heavy atom. The monoisotopic (exact) mass is 316 g/mol. The minimum absolute atomic E-state index is 0.0144. The number of rotatable bonds is 8. The molecule has 1 heterocycles. The molecule has 0 radical (unpaired) electrons. The maximum Gasteiger partial charge on any atom is 0.305 e. The minimum atomic E-state index is -0.876. The summed E-state index contributed by atoms with van der Waals surface area (Å²) >= 11 is 0. The van der Waals surface area contributed by atoms with Crippen molar-refractivity contribution in [2.75, 3.05) is 13.9 Å². The zero-order valence-electron chi connectivity index (χ0n) is 13.6. The van der Waals surface area contributed by atoms with Crippen LogP contribution in [0.3, 0.4) is 0 Å². The van der Waals surface area contributed by atoms with Crippen molar-refractivity contribution < 1.29 is 29.2 Å². The SMILES string of the molecule is COCO[C@H]1C[C@@H](C[C@@H](O)[C@@H]2C[C@H]2C)O[C@@H](CC(=O)O)[C@@H]1C. The van der Waals surface area contributed by atoms with Gasteiger partial charge in [0.1, 0.15) is 6.79 Å². The van der Waals surface area contributed by atoms with Gasteiger partial charge in [-0.1, -0.05) is 13.8 Å². The van der Waals surface area contributed by atoms with Crippen molar-refractivity contribution >= 4 is 5.97 Å². The first kappa shape index (κ1) is 17.7. The molecule has 0 unspecified atom stereocenters. The summed E-state index contributed by atoms with van der Waals surface area (Å²) in [5.74, 6) is 0.0472. The fourth-order valence-corrected chi connectivity index (χ4v) is 3.40. The minimum Gasteiger partial charge on any atom is -0.481 e. The van der Waals surface area contributed by atoms with E-state index in [1.54, 1.807) is 7.11 Å². The lowest BCUT2D eigenvalue weighted by Crippen LogP contribution is -2.46. The number of carboxylic acid groups (broad SMARTS) is 1. The van der Waals surface area contributed by atoms with Gasteiger partial charge in [-0.2, -0.15) is 0 Å². The fraction of sp³-hybridized carbons (Fsp3) is 0.938. The third-order valence-electron chi connectivity index (χ3n) is 4.98. The summed E-state index contributed by atoms with van der Waals surface area (Å²) in [6.07, 6.45) is 1.21. The molecule has 0 aromatic rings. The van der Waals surface area contributed by atoms with Crippen molar-refractivity contribution in [2.45, 2.75) is 63.9 Å². The van der Waals surface area contributed by atoms with E-state index in [-0.39, 0.29) is 43.5 Å². The molecule has 0 bridgehead atoms. The molecule has 1 aliphatic carbocycles. The van der Waals surface area contributed by atoms with Gasteiger partial charge >= 0.3 is 5.97 Å². The molecule has 0 amide bonds. The normalized spacial score (nSPS) is 39.5. The summed E-state index contributed by atoms with van der Waals surface area (Å²) in [5, 5.41) is 19.3. The highest BCUT2D eigenvalue weighted by atomic mass is 16.7. The van der Waals surface area contributed by atoms with Crippen LogP contribution < -0.4 is 0 Å².